The molecule has 98 valence electrons. The highest BCUT2D eigenvalue weighted by molar-refractivity contribution is 7.98. The molecule has 0 N–H and O–H groups in total. The highest BCUT2D eigenvalue weighted by Gasteiger charge is 2.43. The first-order chi connectivity index (χ1) is 9.07. The van der Waals surface area contributed by atoms with Gasteiger partial charge in [-0.05, 0) is 18.4 Å². The van der Waals surface area contributed by atoms with Crippen LogP contribution in [-0.4, -0.2) is 17.0 Å². The molecule has 0 atom stereocenters. The van der Waals surface area contributed by atoms with E-state index in [4.69, 9.17) is 0 Å². The summed E-state index contributed by atoms with van der Waals surface area (Å²) in [6, 6.07) is 10.2. The normalized spacial score (nSPS) is 11.3. The fourth-order valence-electron chi connectivity index (χ4n) is 1.69. The fraction of sp³-hybridized carbons (Fsp3) is 0.143. The molecule has 0 amide bonds. The lowest BCUT2D eigenvalue weighted by molar-refractivity contribution is 0.00538. The Morgan fingerprint density at radius 1 is 1.16 bits per heavy atom. The molecule has 2 aromatic rings. The van der Waals surface area contributed by atoms with E-state index in [1.165, 1.54) is 30.5 Å². The lowest BCUT2D eigenvalue weighted by Crippen LogP contribution is -2.27. The maximum Gasteiger partial charge on any atom is 0.337 e. The van der Waals surface area contributed by atoms with Gasteiger partial charge in [0.05, 0.1) is 5.56 Å². The minimum Gasteiger partial charge on any atom is -0.287 e. The van der Waals surface area contributed by atoms with Crippen LogP contribution in [0.1, 0.15) is 15.9 Å². The molecule has 0 radical (unpaired) electrons. The number of hydrogen-bond acceptors (Lipinski definition) is 3. The van der Waals surface area contributed by atoms with Gasteiger partial charge in [-0.2, -0.15) is 8.78 Å². The Labute approximate surface area is 113 Å². The van der Waals surface area contributed by atoms with Gasteiger partial charge in [0.15, 0.2) is 0 Å². The summed E-state index contributed by atoms with van der Waals surface area (Å²) in [4.78, 5) is 15.8. The van der Waals surface area contributed by atoms with Crippen LogP contribution in [-0.2, 0) is 5.92 Å². The summed E-state index contributed by atoms with van der Waals surface area (Å²) in [6.45, 7) is 0. The standard InChI is InChI=1S/C14H11F2NOS/c1-19-13-11(8-5-9-17-13)14(15,16)12(18)10-6-3-2-4-7-10/h2-9H,1H3. The molecule has 0 saturated carbocycles. The molecule has 2 rings (SSSR count). The number of alkyl halides is 2. The van der Waals surface area contributed by atoms with E-state index < -0.39 is 11.7 Å². The molecular weight excluding hydrogens is 268 g/mol. The number of carbonyl (C=O) groups is 1. The topological polar surface area (TPSA) is 30.0 Å². The highest BCUT2D eigenvalue weighted by Crippen LogP contribution is 2.36. The van der Waals surface area contributed by atoms with Gasteiger partial charge in [-0.1, -0.05) is 30.3 Å². The second-order valence-electron chi connectivity index (χ2n) is 3.83. The van der Waals surface area contributed by atoms with E-state index in [-0.39, 0.29) is 16.2 Å². The zero-order chi connectivity index (χ0) is 13.9. The number of nitrogens with zero attached hydrogens (tertiary/aromatic N) is 1. The second-order valence-corrected chi connectivity index (χ2v) is 4.62. The Hall–Kier alpha value is -1.75. The van der Waals surface area contributed by atoms with Gasteiger partial charge < -0.3 is 0 Å². The van der Waals surface area contributed by atoms with Crippen LogP contribution in [0.25, 0.3) is 0 Å². The summed E-state index contributed by atoms with van der Waals surface area (Å²) < 4.78 is 28.6. The quantitative estimate of drug-likeness (QED) is 0.630. The van der Waals surface area contributed by atoms with Crippen LogP contribution in [0.2, 0.25) is 0 Å². The number of carbonyl (C=O) groups excluding carboxylic acids is 1. The Morgan fingerprint density at radius 2 is 1.84 bits per heavy atom. The Balaban J connectivity index is 2.45. The van der Waals surface area contributed by atoms with Crippen molar-refractivity contribution in [2.75, 3.05) is 6.26 Å². The van der Waals surface area contributed by atoms with Crippen molar-refractivity contribution in [2.45, 2.75) is 10.9 Å². The zero-order valence-corrected chi connectivity index (χ0v) is 11.0. The van der Waals surface area contributed by atoms with Gasteiger partial charge in [0.2, 0.25) is 5.78 Å². The Morgan fingerprint density at radius 3 is 2.47 bits per heavy atom. The summed E-state index contributed by atoms with van der Waals surface area (Å²) >= 11 is 1.09. The summed E-state index contributed by atoms with van der Waals surface area (Å²) in [5, 5.41) is 0.164. The zero-order valence-electron chi connectivity index (χ0n) is 10.1. The molecule has 2 nitrogen and oxygen atoms in total. The van der Waals surface area contributed by atoms with Crippen LogP contribution in [0.15, 0.2) is 53.7 Å². The van der Waals surface area contributed by atoms with Crippen molar-refractivity contribution in [3.63, 3.8) is 0 Å². The molecule has 5 heteroatoms. The van der Waals surface area contributed by atoms with Gasteiger partial charge >= 0.3 is 5.92 Å². The van der Waals surface area contributed by atoms with E-state index in [1.54, 1.807) is 24.5 Å². The molecule has 0 saturated heterocycles. The van der Waals surface area contributed by atoms with Crippen molar-refractivity contribution < 1.29 is 13.6 Å². The first-order valence-electron chi connectivity index (χ1n) is 5.54. The van der Waals surface area contributed by atoms with Crippen LogP contribution >= 0.6 is 11.8 Å². The van der Waals surface area contributed by atoms with E-state index in [1.807, 2.05) is 0 Å². The molecule has 0 unspecified atom stereocenters. The summed E-state index contributed by atoms with van der Waals surface area (Å²) in [7, 11) is 0. The van der Waals surface area contributed by atoms with E-state index >= 15 is 0 Å². The largest absolute Gasteiger partial charge is 0.337 e. The molecule has 0 spiro atoms. The van der Waals surface area contributed by atoms with Crippen LogP contribution < -0.4 is 0 Å². The number of aromatic nitrogens is 1. The minimum atomic E-state index is -3.58. The van der Waals surface area contributed by atoms with Crippen LogP contribution in [0.5, 0.6) is 0 Å². The molecule has 19 heavy (non-hydrogen) atoms. The predicted molar refractivity (Wildman–Crippen MR) is 70.7 cm³/mol. The minimum absolute atomic E-state index is 0.0107. The van der Waals surface area contributed by atoms with Gasteiger partial charge in [-0.3, -0.25) is 4.79 Å². The summed E-state index contributed by atoms with van der Waals surface area (Å²) in [6.07, 6.45) is 3.08. The number of rotatable bonds is 4. The second kappa shape index (κ2) is 5.48. The summed E-state index contributed by atoms with van der Waals surface area (Å²) in [5.41, 5.74) is -0.361. The van der Waals surface area contributed by atoms with Crippen molar-refractivity contribution in [3.05, 3.63) is 59.8 Å². The average Bonchev–Trinajstić information content (AvgIpc) is 2.47. The predicted octanol–water partition coefficient (Wildman–Crippen LogP) is 3.78. The lowest BCUT2D eigenvalue weighted by atomic mass is 10.0. The van der Waals surface area contributed by atoms with Crippen LogP contribution in [0.3, 0.4) is 0 Å². The first kappa shape index (κ1) is 13.7. The highest BCUT2D eigenvalue weighted by atomic mass is 32.2. The van der Waals surface area contributed by atoms with E-state index in [2.05, 4.69) is 4.98 Å². The van der Waals surface area contributed by atoms with Gasteiger partial charge in [0.1, 0.15) is 5.03 Å². The third kappa shape index (κ3) is 2.66. The molecule has 0 bridgehead atoms. The number of Topliss-reactive ketones (excluding diaryl/α,β-unsaturated/α-hetero) is 1. The smallest absolute Gasteiger partial charge is 0.287 e. The monoisotopic (exact) mass is 279 g/mol. The molecular formula is C14H11F2NOS. The molecule has 1 aromatic heterocycles. The number of halogens is 2. The van der Waals surface area contributed by atoms with E-state index in [0.29, 0.717) is 0 Å². The molecule has 1 heterocycles. The lowest BCUT2D eigenvalue weighted by Gasteiger charge is -2.17. The number of pyridine rings is 1. The number of ketones is 1. The first-order valence-corrected chi connectivity index (χ1v) is 6.77. The van der Waals surface area contributed by atoms with Crippen molar-refractivity contribution in [1.29, 1.82) is 0 Å². The van der Waals surface area contributed by atoms with Crippen LogP contribution in [0.4, 0.5) is 8.78 Å². The van der Waals surface area contributed by atoms with Gasteiger partial charge in [0.25, 0.3) is 0 Å². The summed E-state index contributed by atoms with van der Waals surface area (Å²) in [5.74, 6) is -4.79. The van der Waals surface area contributed by atoms with Gasteiger partial charge in [0, 0.05) is 11.8 Å². The molecule has 1 aromatic carbocycles. The number of hydrogen-bond donors (Lipinski definition) is 0. The van der Waals surface area contributed by atoms with E-state index in [9.17, 15) is 13.6 Å². The molecule has 0 fully saturated rings. The maximum absolute atomic E-state index is 14.3. The van der Waals surface area contributed by atoms with Gasteiger partial charge in [-0.25, -0.2) is 4.98 Å². The molecule has 0 aliphatic carbocycles. The molecule has 0 aliphatic rings. The Kier molecular flexibility index (Phi) is 3.95. The fourth-order valence-corrected chi connectivity index (χ4v) is 2.27. The van der Waals surface area contributed by atoms with Crippen molar-refractivity contribution in [1.82, 2.24) is 4.98 Å². The molecule has 0 aliphatic heterocycles. The number of benzene rings is 1. The maximum atomic E-state index is 14.3. The van der Waals surface area contributed by atoms with E-state index in [0.717, 1.165) is 11.8 Å². The SMILES string of the molecule is CSc1ncccc1C(F)(F)C(=O)c1ccccc1. The third-order valence-corrected chi connectivity index (χ3v) is 3.34. The Bertz CT molecular complexity index is 587. The average molecular weight is 279 g/mol. The van der Waals surface area contributed by atoms with Crippen molar-refractivity contribution in [2.24, 2.45) is 0 Å². The van der Waals surface area contributed by atoms with Crippen molar-refractivity contribution in [3.8, 4) is 0 Å². The van der Waals surface area contributed by atoms with Gasteiger partial charge in [-0.15, -0.1) is 11.8 Å². The van der Waals surface area contributed by atoms with Crippen LogP contribution in [0, 0.1) is 0 Å². The third-order valence-electron chi connectivity index (χ3n) is 2.62. The van der Waals surface area contributed by atoms with Crippen molar-refractivity contribution >= 4 is 17.5 Å². The number of thioether (sulfide) groups is 1.